The number of rotatable bonds is 6. The normalized spacial score (nSPS) is 18.8. The molecule has 2 unspecified atom stereocenters. The molecule has 0 aliphatic heterocycles. The summed E-state index contributed by atoms with van der Waals surface area (Å²) in [5.41, 5.74) is 4.21. The zero-order valence-electron chi connectivity index (χ0n) is 18.4. The number of hydrogen-bond donors (Lipinski definition) is 1. The van der Waals surface area contributed by atoms with Gasteiger partial charge in [0.25, 0.3) is 5.56 Å². The molecule has 4 rings (SSSR count). The Balaban J connectivity index is 1.57. The van der Waals surface area contributed by atoms with Gasteiger partial charge in [-0.3, -0.25) is 9.59 Å². The fraction of sp³-hybridized carbons (Fsp3) is 0.423. The maximum Gasteiger partial charge on any atom is 0.273 e. The highest BCUT2D eigenvalue weighted by atomic mass is 16.1. The molecule has 1 heterocycles. The van der Waals surface area contributed by atoms with Crippen LogP contribution in [0.4, 0.5) is 0 Å². The zero-order chi connectivity index (χ0) is 21.8. The van der Waals surface area contributed by atoms with Crippen molar-refractivity contribution in [3.8, 4) is 0 Å². The van der Waals surface area contributed by atoms with Gasteiger partial charge in [0.1, 0.15) is 5.69 Å². The molecule has 2 atom stereocenters. The smallest absolute Gasteiger partial charge is 0.273 e. The molecule has 1 amide bonds. The number of nitrogens with one attached hydrogen (secondary N) is 1. The van der Waals surface area contributed by atoms with Crippen molar-refractivity contribution in [3.63, 3.8) is 0 Å². The summed E-state index contributed by atoms with van der Waals surface area (Å²) in [6.07, 6.45) is 5.27. The van der Waals surface area contributed by atoms with Gasteiger partial charge < -0.3 is 9.88 Å². The van der Waals surface area contributed by atoms with Crippen LogP contribution in [0.15, 0.2) is 53.3 Å². The number of hydrogen-bond acceptors (Lipinski definition) is 3. The maximum absolute atomic E-state index is 13.3. The van der Waals surface area contributed by atoms with Crippen molar-refractivity contribution < 1.29 is 4.79 Å². The molecule has 1 fully saturated rings. The van der Waals surface area contributed by atoms with Crippen LogP contribution < -0.4 is 10.9 Å². The van der Waals surface area contributed by atoms with E-state index in [1.807, 2.05) is 36.4 Å². The number of aromatic nitrogens is 2. The van der Waals surface area contributed by atoms with Crippen LogP contribution in [0.25, 0.3) is 11.0 Å². The molecule has 0 saturated heterocycles. The number of nitrogens with zero attached hydrogens (tertiary/aromatic N) is 2. The van der Waals surface area contributed by atoms with Gasteiger partial charge in [-0.1, -0.05) is 56.2 Å². The van der Waals surface area contributed by atoms with Gasteiger partial charge in [-0.2, -0.15) is 0 Å². The van der Waals surface area contributed by atoms with E-state index in [4.69, 9.17) is 0 Å². The van der Waals surface area contributed by atoms with E-state index in [1.165, 1.54) is 19.3 Å². The average Bonchev–Trinajstić information content (AvgIpc) is 2.77. The molecule has 1 N–H and O–H groups in total. The van der Waals surface area contributed by atoms with Crippen molar-refractivity contribution in [1.29, 1.82) is 0 Å². The van der Waals surface area contributed by atoms with E-state index < -0.39 is 0 Å². The summed E-state index contributed by atoms with van der Waals surface area (Å²) < 4.78 is 1.79. The van der Waals surface area contributed by atoms with Gasteiger partial charge in [-0.25, -0.2) is 4.98 Å². The van der Waals surface area contributed by atoms with Crippen molar-refractivity contribution in [2.75, 3.05) is 0 Å². The Hall–Kier alpha value is -2.95. The summed E-state index contributed by atoms with van der Waals surface area (Å²) in [6.45, 7) is 4.76. The third kappa shape index (κ3) is 4.87. The second-order valence-corrected chi connectivity index (χ2v) is 8.80. The largest absolute Gasteiger partial charge is 0.353 e. The lowest BCUT2D eigenvalue weighted by Crippen LogP contribution is -2.41. The predicted molar refractivity (Wildman–Crippen MR) is 124 cm³/mol. The third-order valence-electron chi connectivity index (χ3n) is 6.56. The number of amides is 1. The summed E-state index contributed by atoms with van der Waals surface area (Å²) >= 11 is 0. The van der Waals surface area contributed by atoms with Crippen LogP contribution in [0.1, 0.15) is 55.8 Å². The quantitative estimate of drug-likeness (QED) is 0.647. The summed E-state index contributed by atoms with van der Waals surface area (Å²) in [6, 6.07) is 16.1. The summed E-state index contributed by atoms with van der Waals surface area (Å²) in [5.74, 6) is 0.529. The lowest BCUT2D eigenvalue weighted by atomic mass is 9.86. The third-order valence-corrected chi connectivity index (χ3v) is 6.56. The fourth-order valence-electron chi connectivity index (χ4n) is 4.56. The van der Waals surface area contributed by atoms with Crippen LogP contribution >= 0.6 is 0 Å². The molecular formula is C26H31N3O2. The molecule has 1 aromatic heterocycles. The number of fused-ring (bicyclic) bond motifs is 1. The summed E-state index contributed by atoms with van der Waals surface area (Å²) in [5, 5.41) is 3.18. The van der Waals surface area contributed by atoms with Gasteiger partial charge in [0.15, 0.2) is 0 Å². The molecule has 0 radical (unpaired) electrons. The SMILES string of the molecule is Cc1ccccc1Cn1c(=O)c(CCC(=O)NC2CCCCC2C)nc2ccccc21. The van der Waals surface area contributed by atoms with E-state index in [1.54, 1.807) is 4.57 Å². The Labute approximate surface area is 183 Å². The van der Waals surface area contributed by atoms with Crippen LogP contribution in [0.3, 0.4) is 0 Å². The first kappa shape index (κ1) is 21.3. The summed E-state index contributed by atoms with van der Waals surface area (Å²) in [7, 11) is 0. The highest BCUT2D eigenvalue weighted by Crippen LogP contribution is 2.23. The Morgan fingerprint density at radius 2 is 1.84 bits per heavy atom. The Morgan fingerprint density at radius 3 is 2.65 bits per heavy atom. The standard InChI is InChI=1S/C26H31N3O2/c1-18-9-3-5-11-20(18)17-29-24-14-8-7-13-22(24)27-23(26(29)31)15-16-25(30)28-21-12-6-4-10-19(21)2/h3,5,7-9,11,13-14,19,21H,4,6,10,12,15-17H2,1-2H3,(H,28,30). The van der Waals surface area contributed by atoms with Gasteiger partial charge in [0.05, 0.1) is 17.6 Å². The molecule has 0 spiro atoms. The van der Waals surface area contributed by atoms with Gasteiger partial charge >= 0.3 is 0 Å². The van der Waals surface area contributed by atoms with Crippen LogP contribution in [0.5, 0.6) is 0 Å². The van der Waals surface area contributed by atoms with Gasteiger partial charge in [0.2, 0.25) is 5.91 Å². The van der Waals surface area contributed by atoms with Crippen molar-refractivity contribution in [3.05, 3.63) is 75.7 Å². The molecule has 3 aromatic rings. The highest BCUT2D eigenvalue weighted by Gasteiger charge is 2.23. The second kappa shape index (κ2) is 9.46. The first-order valence-electron chi connectivity index (χ1n) is 11.4. The number of para-hydroxylation sites is 2. The van der Waals surface area contributed by atoms with Crippen LogP contribution in [0.2, 0.25) is 0 Å². The minimum atomic E-state index is -0.110. The predicted octanol–water partition coefficient (Wildman–Crippen LogP) is 4.38. The zero-order valence-corrected chi connectivity index (χ0v) is 18.4. The average molecular weight is 418 g/mol. The van der Waals surface area contributed by atoms with Crippen molar-refractivity contribution in [2.45, 2.75) is 65.0 Å². The van der Waals surface area contributed by atoms with Crippen molar-refractivity contribution in [1.82, 2.24) is 14.9 Å². The molecule has 0 bridgehead atoms. The van der Waals surface area contributed by atoms with Gasteiger partial charge in [0, 0.05) is 18.9 Å². The van der Waals surface area contributed by atoms with E-state index in [9.17, 15) is 9.59 Å². The number of benzene rings is 2. The van der Waals surface area contributed by atoms with E-state index in [2.05, 4.69) is 36.3 Å². The highest BCUT2D eigenvalue weighted by molar-refractivity contribution is 5.77. The Bertz CT molecular complexity index is 1130. The molecule has 162 valence electrons. The van der Waals surface area contributed by atoms with Gasteiger partial charge in [-0.15, -0.1) is 0 Å². The molecule has 1 saturated carbocycles. The van der Waals surface area contributed by atoms with E-state index in [-0.39, 0.29) is 23.9 Å². The number of carbonyl (C=O) groups is 1. The van der Waals surface area contributed by atoms with E-state index in [0.717, 1.165) is 28.6 Å². The summed E-state index contributed by atoms with van der Waals surface area (Å²) in [4.78, 5) is 30.5. The number of aryl methyl sites for hydroxylation is 2. The fourth-order valence-corrected chi connectivity index (χ4v) is 4.56. The minimum absolute atomic E-state index is 0.0126. The lowest BCUT2D eigenvalue weighted by molar-refractivity contribution is -0.122. The van der Waals surface area contributed by atoms with E-state index in [0.29, 0.717) is 24.6 Å². The second-order valence-electron chi connectivity index (χ2n) is 8.80. The van der Waals surface area contributed by atoms with Crippen LogP contribution in [-0.2, 0) is 17.8 Å². The number of carbonyl (C=O) groups excluding carboxylic acids is 1. The molecule has 5 nitrogen and oxygen atoms in total. The molecule has 2 aromatic carbocycles. The maximum atomic E-state index is 13.3. The first-order valence-corrected chi connectivity index (χ1v) is 11.4. The van der Waals surface area contributed by atoms with Crippen molar-refractivity contribution >= 4 is 16.9 Å². The van der Waals surface area contributed by atoms with Crippen LogP contribution in [-0.4, -0.2) is 21.5 Å². The van der Waals surface area contributed by atoms with Crippen LogP contribution in [0, 0.1) is 12.8 Å². The molecule has 31 heavy (non-hydrogen) atoms. The molecule has 1 aliphatic rings. The Kier molecular flexibility index (Phi) is 6.50. The van der Waals surface area contributed by atoms with Gasteiger partial charge in [-0.05, 0) is 48.9 Å². The first-order chi connectivity index (χ1) is 15.0. The molecular weight excluding hydrogens is 386 g/mol. The Morgan fingerprint density at radius 1 is 1.10 bits per heavy atom. The molecule has 1 aliphatic carbocycles. The lowest BCUT2D eigenvalue weighted by Gasteiger charge is -2.29. The monoisotopic (exact) mass is 417 g/mol. The van der Waals surface area contributed by atoms with E-state index >= 15 is 0 Å². The topological polar surface area (TPSA) is 64.0 Å². The minimum Gasteiger partial charge on any atom is -0.353 e. The van der Waals surface area contributed by atoms with Crippen molar-refractivity contribution in [2.24, 2.45) is 5.92 Å². The molecule has 5 heteroatoms.